The molecule has 6 heteroatoms. The van der Waals surface area contributed by atoms with E-state index in [2.05, 4.69) is 9.88 Å². The van der Waals surface area contributed by atoms with Gasteiger partial charge in [-0.1, -0.05) is 0 Å². The Bertz CT molecular complexity index is 756. The van der Waals surface area contributed by atoms with Crippen molar-refractivity contribution in [2.45, 2.75) is 25.8 Å². The van der Waals surface area contributed by atoms with Crippen LogP contribution in [0.4, 0.5) is 5.69 Å². The number of carbonyl (C=O) groups is 1. The van der Waals surface area contributed by atoms with Crippen LogP contribution < -0.4 is 9.64 Å². The predicted molar refractivity (Wildman–Crippen MR) is 96.5 cm³/mol. The van der Waals surface area contributed by atoms with Crippen LogP contribution in [0.25, 0.3) is 10.9 Å². The van der Waals surface area contributed by atoms with E-state index in [9.17, 15) is 4.79 Å². The zero-order valence-corrected chi connectivity index (χ0v) is 14.9. The molecule has 0 aliphatic carbocycles. The Morgan fingerprint density at radius 3 is 2.80 bits per heavy atom. The first-order valence-corrected chi connectivity index (χ1v) is 8.60. The molecule has 6 nitrogen and oxygen atoms in total. The minimum absolute atomic E-state index is 0.304. The van der Waals surface area contributed by atoms with Crippen molar-refractivity contribution >= 4 is 22.6 Å². The summed E-state index contributed by atoms with van der Waals surface area (Å²) in [5.41, 5.74) is 2.15. The molecule has 1 saturated heterocycles. The number of carbonyl (C=O) groups excluding carboxylic acids is 1. The summed E-state index contributed by atoms with van der Waals surface area (Å²) in [6.45, 7) is 3.60. The van der Waals surface area contributed by atoms with E-state index in [4.69, 9.17) is 14.2 Å². The zero-order chi connectivity index (χ0) is 17.8. The van der Waals surface area contributed by atoms with Crippen molar-refractivity contribution in [3.8, 4) is 5.75 Å². The Hall–Kier alpha value is -2.34. The number of methoxy groups -OCH3 is 1. The van der Waals surface area contributed by atoms with E-state index >= 15 is 0 Å². The van der Waals surface area contributed by atoms with E-state index in [0.29, 0.717) is 18.2 Å². The molecule has 0 unspecified atom stereocenters. The van der Waals surface area contributed by atoms with Gasteiger partial charge in [0, 0.05) is 37.9 Å². The minimum atomic E-state index is -0.353. The van der Waals surface area contributed by atoms with E-state index in [1.165, 1.54) is 0 Å². The third kappa shape index (κ3) is 3.54. The van der Waals surface area contributed by atoms with Gasteiger partial charge in [-0.25, -0.2) is 4.79 Å². The average Bonchev–Trinajstić information content (AvgIpc) is 2.66. The number of hydrogen-bond acceptors (Lipinski definition) is 6. The van der Waals surface area contributed by atoms with Crippen LogP contribution in [-0.2, 0) is 9.47 Å². The van der Waals surface area contributed by atoms with Gasteiger partial charge in [0.15, 0.2) is 0 Å². The summed E-state index contributed by atoms with van der Waals surface area (Å²) >= 11 is 0. The molecule has 2 aromatic rings. The molecule has 1 aromatic carbocycles. The van der Waals surface area contributed by atoms with E-state index in [-0.39, 0.29) is 5.97 Å². The summed E-state index contributed by atoms with van der Waals surface area (Å²) in [5, 5.41) is 0.888. The molecule has 0 amide bonds. The number of hydrogen-bond donors (Lipinski definition) is 0. The highest BCUT2D eigenvalue weighted by molar-refractivity contribution is 6.05. The second-order valence-corrected chi connectivity index (χ2v) is 6.08. The first-order valence-electron chi connectivity index (χ1n) is 8.60. The Morgan fingerprint density at radius 1 is 1.36 bits per heavy atom. The maximum atomic E-state index is 12.5. The highest BCUT2D eigenvalue weighted by Crippen LogP contribution is 2.34. The molecule has 0 saturated carbocycles. The zero-order valence-electron chi connectivity index (χ0n) is 14.9. The molecule has 1 fully saturated rings. The maximum Gasteiger partial charge on any atom is 0.341 e. The fraction of sp³-hybridized carbons (Fsp3) is 0.474. The summed E-state index contributed by atoms with van der Waals surface area (Å²) in [5.74, 6) is 0.380. The summed E-state index contributed by atoms with van der Waals surface area (Å²) in [4.78, 5) is 19.1. The van der Waals surface area contributed by atoms with Crippen molar-refractivity contribution in [1.29, 1.82) is 0 Å². The van der Waals surface area contributed by atoms with Crippen molar-refractivity contribution in [3.63, 3.8) is 0 Å². The van der Waals surface area contributed by atoms with E-state index < -0.39 is 0 Å². The lowest BCUT2D eigenvalue weighted by molar-refractivity contribution is 0.0526. The summed E-state index contributed by atoms with van der Waals surface area (Å²) in [6.07, 6.45) is 3.46. The number of ether oxygens (including phenoxy) is 3. The normalized spacial score (nSPS) is 15.2. The Kier molecular flexibility index (Phi) is 5.38. The number of fused-ring (bicyclic) bond motifs is 1. The SMILES string of the molecule is CCOC(=O)c1cnc2ccc(OC)cc2c1N(C)C1CCOCC1. The highest BCUT2D eigenvalue weighted by Gasteiger charge is 2.26. The van der Waals surface area contributed by atoms with Gasteiger partial charge in [0.1, 0.15) is 11.3 Å². The molecule has 0 spiro atoms. The molecule has 25 heavy (non-hydrogen) atoms. The van der Waals surface area contributed by atoms with Gasteiger partial charge in [-0.2, -0.15) is 0 Å². The number of benzene rings is 1. The third-order valence-corrected chi connectivity index (χ3v) is 4.63. The number of anilines is 1. The van der Waals surface area contributed by atoms with Crippen LogP contribution in [0.5, 0.6) is 5.75 Å². The fourth-order valence-electron chi connectivity index (χ4n) is 3.28. The van der Waals surface area contributed by atoms with Crippen molar-refractivity contribution in [2.75, 3.05) is 38.9 Å². The second-order valence-electron chi connectivity index (χ2n) is 6.08. The van der Waals surface area contributed by atoms with Gasteiger partial charge in [-0.15, -0.1) is 0 Å². The van der Waals surface area contributed by atoms with Crippen molar-refractivity contribution in [1.82, 2.24) is 4.98 Å². The first kappa shape index (κ1) is 17.5. The molecule has 1 aliphatic heterocycles. The van der Waals surface area contributed by atoms with Gasteiger partial charge < -0.3 is 19.1 Å². The first-order chi connectivity index (χ1) is 12.2. The maximum absolute atomic E-state index is 12.5. The molecule has 0 radical (unpaired) electrons. The predicted octanol–water partition coefficient (Wildman–Crippen LogP) is 3.04. The minimum Gasteiger partial charge on any atom is -0.497 e. The van der Waals surface area contributed by atoms with Gasteiger partial charge >= 0.3 is 5.97 Å². The van der Waals surface area contributed by atoms with Crippen molar-refractivity contribution in [3.05, 3.63) is 30.0 Å². The van der Waals surface area contributed by atoms with Gasteiger partial charge in [0.25, 0.3) is 0 Å². The number of rotatable bonds is 5. The molecule has 134 valence electrons. The van der Waals surface area contributed by atoms with E-state index in [1.807, 2.05) is 25.2 Å². The molecular weight excluding hydrogens is 320 g/mol. The lowest BCUT2D eigenvalue weighted by Gasteiger charge is -2.34. The second kappa shape index (κ2) is 7.70. The fourth-order valence-corrected chi connectivity index (χ4v) is 3.28. The van der Waals surface area contributed by atoms with Gasteiger partial charge in [0.05, 0.1) is 24.9 Å². The average molecular weight is 344 g/mol. The van der Waals surface area contributed by atoms with E-state index in [1.54, 1.807) is 20.2 Å². The molecule has 1 aliphatic rings. The standard InChI is InChI=1S/C19H24N2O4/c1-4-25-19(22)16-12-20-17-6-5-14(23-3)11-15(17)18(16)21(2)13-7-9-24-10-8-13/h5-6,11-13H,4,7-10H2,1-3H3. The molecule has 0 bridgehead atoms. The van der Waals surface area contributed by atoms with Crippen molar-refractivity contribution < 1.29 is 19.0 Å². The number of nitrogens with zero attached hydrogens (tertiary/aromatic N) is 2. The molecule has 1 aromatic heterocycles. The third-order valence-electron chi connectivity index (χ3n) is 4.63. The van der Waals surface area contributed by atoms with Crippen LogP contribution >= 0.6 is 0 Å². The Balaban J connectivity index is 2.15. The Morgan fingerprint density at radius 2 is 2.12 bits per heavy atom. The molecule has 0 N–H and O–H groups in total. The number of esters is 1. The summed E-state index contributed by atoms with van der Waals surface area (Å²) in [6, 6.07) is 6.01. The quantitative estimate of drug-likeness (QED) is 0.777. The molecule has 0 atom stereocenters. The van der Waals surface area contributed by atoms with Gasteiger partial charge in [-0.3, -0.25) is 4.98 Å². The van der Waals surface area contributed by atoms with Crippen LogP contribution in [0.3, 0.4) is 0 Å². The topological polar surface area (TPSA) is 60.9 Å². The Labute approximate surface area is 147 Å². The smallest absolute Gasteiger partial charge is 0.341 e. The van der Waals surface area contributed by atoms with Crippen molar-refractivity contribution in [2.24, 2.45) is 0 Å². The highest BCUT2D eigenvalue weighted by atomic mass is 16.5. The largest absolute Gasteiger partial charge is 0.497 e. The van der Waals surface area contributed by atoms with Crippen LogP contribution in [-0.4, -0.2) is 51.0 Å². The van der Waals surface area contributed by atoms with Crippen LogP contribution in [0.1, 0.15) is 30.1 Å². The number of aromatic nitrogens is 1. The van der Waals surface area contributed by atoms with Crippen LogP contribution in [0.15, 0.2) is 24.4 Å². The van der Waals surface area contributed by atoms with Gasteiger partial charge in [-0.05, 0) is 38.0 Å². The molecule has 3 rings (SSSR count). The van der Waals surface area contributed by atoms with E-state index in [0.717, 1.165) is 48.4 Å². The lowest BCUT2D eigenvalue weighted by Crippen LogP contribution is -2.37. The van der Waals surface area contributed by atoms with Gasteiger partial charge in [0.2, 0.25) is 0 Å². The van der Waals surface area contributed by atoms with Crippen LogP contribution in [0, 0.1) is 0 Å². The number of pyridine rings is 1. The lowest BCUT2D eigenvalue weighted by atomic mass is 10.0. The molecular formula is C19H24N2O4. The summed E-state index contributed by atoms with van der Waals surface area (Å²) < 4.78 is 16.1. The van der Waals surface area contributed by atoms with Crippen LogP contribution in [0.2, 0.25) is 0 Å². The molecule has 2 heterocycles. The monoisotopic (exact) mass is 344 g/mol. The summed E-state index contributed by atoms with van der Waals surface area (Å²) in [7, 11) is 3.65.